The Labute approximate surface area is 185 Å². The molecule has 0 bridgehead atoms. The van der Waals surface area contributed by atoms with E-state index in [0.29, 0.717) is 23.6 Å². The molecule has 0 radical (unpaired) electrons. The van der Waals surface area contributed by atoms with Crippen molar-refractivity contribution in [3.05, 3.63) is 65.7 Å². The summed E-state index contributed by atoms with van der Waals surface area (Å²) >= 11 is 0. The predicted molar refractivity (Wildman–Crippen MR) is 115 cm³/mol. The summed E-state index contributed by atoms with van der Waals surface area (Å²) in [5, 5.41) is 22.1. The zero-order valence-corrected chi connectivity index (χ0v) is 17.4. The molecule has 0 aliphatic carbocycles. The van der Waals surface area contributed by atoms with Crippen LogP contribution in [0, 0.1) is 5.92 Å². The van der Waals surface area contributed by atoms with Crippen LogP contribution in [0.25, 0.3) is 0 Å². The number of carboxylic acid groups (broad SMARTS) is 1. The van der Waals surface area contributed by atoms with E-state index in [0.717, 1.165) is 11.1 Å². The number of carbonyl (C=O) groups excluding carboxylic acids is 3. The first-order chi connectivity index (χ1) is 15.4. The van der Waals surface area contributed by atoms with Crippen molar-refractivity contribution in [2.75, 3.05) is 18.0 Å². The normalized spacial score (nSPS) is 16.5. The molecular weight excluding hydrogens is 414 g/mol. The summed E-state index contributed by atoms with van der Waals surface area (Å²) in [7, 11) is 0. The molecule has 3 amide bonds. The Hall–Kier alpha value is -3.72. The van der Waals surface area contributed by atoms with E-state index in [4.69, 9.17) is 0 Å². The molecule has 3 N–H and O–H groups in total. The Balaban J connectivity index is 1.81. The zero-order valence-electron chi connectivity index (χ0n) is 17.4. The molecule has 2 aromatic rings. The van der Waals surface area contributed by atoms with E-state index in [2.05, 4.69) is 5.32 Å². The number of aliphatic carboxylic acids is 1. The van der Waals surface area contributed by atoms with E-state index in [1.165, 1.54) is 4.90 Å². The standard InChI is InChI=1S/C23H25N3O6/c27-15-25(32)13-18(12-16-6-2-1-3-7-16)22(30)24-19-11-10-17-8-4-5-9-20(17)26(23(19)31)14-21(28)29/h1-9,15,18-19,32H,10-14H2,(H,24,30)(H,28,29). The van der Waals surface area contributed by atoms with Gasteiger partial charge in [0.05, 0.1) is 12.5 Å². The van der Waals surface area contributed by atoms with Gasteiger partial charge in [-0.1, -0.05) is 48.5 Å². The fourth-order valence-corrected chi connectivity index (χ4v) is 3.85. The van der Waals surface area contributed by atoms with E-state index in [1.807, 2.05) is 42.5 Å². The van der Waals surface area contributed by atoms with Gasteiger partial charge < -0.3 is 10.4 Å². The first-order valence-corrected chi connectivity index (χ1v) is 10.2. The largest absolute Gasteiger partial charge is 0.480 e. The summed E-state index contributed by atoms with van der Waals surface area (Å²) in [5.74, 6) is -2.99. The first kappa shape index (κ1) is 23.0. The van der Waals surface area contributed by atoms with Crippen LogP contribution in [0.1, 0.15) is 17.5 Å². The summed E-state index contributed by atoms with van der Waals surface area (Å²) < 4.78 is 0. The lowest BCUT2D eigenvalue weighted by atomic mass is 9.97. The van der Waals surface area contributed by atoms with E-state index >= 15 is 0 Å². The highest BCUT2D eigenvalue weighted by Crippen LogP contribution is 2.27. The lowest BCUT2D eigenvalue weighted by Crippen LogP contribution is -2.51. The third-order valence-electron chi connectivity index (χ3n) is 5.38. The highest BCUT2D eigenvalue weighted by molar-refractivity contribution is 6.03. The van der Waals surface area contributed by atoms with Crippen molar-refractivity contribution in [1.29, 1.82) is 0 Å². The molecule has 2 unspecified atom stereocenters. The van der Waals surface area contributed by atoms with Gasteiger partial charge in [-0.15, -0.1) is 0 Å². The second kappa shape index (κ2) is 10.5. The van der Waals surface area contributed by atoms with Crippen molar-refractivity contribution in [1.82, 2.24) is 10.4 Å². The highest BCUT2D eigenvalue weighted by Gasteiger charge is 2.34. The van der Waals surface area contributed by atoms with Crippen LogP contribution in [0.3, 0.4) is 0 Å². The number of amides is 3. The molecule has 1 aliphatic heterocycles. The summed E-state index contributed by atoms with van der Waals surface area (Å²) in [6, 6.07) is 15.2. The zero-order chi connectivity index (χ0) is 23.1. The fourth-order valence-electron chi connectivity index (χ4n) is 3.85. The van der Waals surface area contributed by atoms with Crippen molar-refractivity contribution < 1.29 is 29.5 Å². The summed E-state index contributed by atoms with van der Waals surface area (Å²) in [4.78, 5) is 49.7. The molecule has 2 atom stereocenters. The number of nitrogens with one attached hydrogen (secondary N) is 1. The number of fused-ring (bicyclic) bond motifs is 1. The minimum atomic E-state index is -1.16. The minimum absolute atomic E-state index is 0.216. The maximum Gasteiger partial charge on any atom is 0.323 e. The number of para-hydroxylation sites is 1. The molecule has 0 saturated carbocycles. The number of carbonyl (C=O) groups is 4. The molecule has 0 saturated heterocycles. The van der Waals surface area contributed by atoms with Gasteiger partial charge in [-0.2, -0.15) is 0 Å². The fraction of sp³-hybridized carbons (Fsp3) is 0.304. The van der Waals surface area contributed by atoms with E-state index in [9.17, 15) is 29.5 Å². The third-order valence-corrected chi connectivity index (χ3v) is 5.38. The molecule has 1 aliphatic rings. The van der Waals surface area contributed by atoms with Crippen molar-refractivity contribution in [3.8, 4) is 0 Å². The van der Waals surface area contributed by atoms with Crippen LogP contribution >= 0.6 is 0 Å². The van der Waals surface area contributed by atoms with Gasteiger partial charge >= 0.3 is 5.97 Å². The monoisotopic (exact) mass is 439 g/mol. The van der Waals surface area contributed by atoms with E-state index < -0.39 is 36.3 Å². The molecule has 2 aromatic carbocycles. The van der Waals surface area contributed by atoms with Crippen molar-refractivity contribution >= 4 is 29.9 Å². The molecule has 0 spiro atoms. The topological polar surface area (TPSA) is 127 Å². The van der Waals surface area contributed by atoms with Crippen LogP contribution in [-0.4, -0.2) is 58.7 Å². The molecule has 3 rings (SSSR count). The van der Waals surface area contributed by atoms with Gasteiger partial charge in [0.1, 0.15) is 12.6 Å². The lowest BCUT2D eigenvalue weighted by molar-refractivity contribution is -0.154. The maximum atomic E-state index is 13.2. The summed E-state index contributed by atoms with van der Waals surface area (Å²) in [6.45, 7) is -0.768. The van der Waals surface area contributed by atoms with Gasteiger partial charge in [0, 0.05) is 5.69 Å². The van der Waals surface area contributed by atoms with Gasteiger partial charge in [0.25, 0.3) is 0 Å². The van der Waals surface area contributed by atoms with Crippen LogP contribution < -0.4 is 10.2 Å². The van der Waals surface area contributed by atoms with Crippen LogP contribution in [0.5, 0.6) is 0 Å². The predicted octanol–water partition coefficient (Wildman–Crippen LogP) is 1.24. The number of nitrogens with zero attached hydrogens (tertiary/aromatic N) is 2. The number of anilines is 1. The second-order valence-corrected chi connectivity index (χ2v) is 7.66. The quantitative estimate of drug-likeness (QED) is 0.307. The Bertz CT molecular complexity index is 981. The summed E-state index contributed by atoms with van der Waals surface area (Å²) in [5.41, 5.74) is 2.17. The SMILES string of the molecule is O=CN(O)CC(Cc1ccccc1)C(=O)NC1CCc2ccccc2N(CC(=O)O)C1=O. The van der Waals surface area contributed by atoms with Gasteiger partial charge in [0.2, 0.25) is 18.2 Å². The molecule has 32 heavy (non-hydrogen) atoms. The van der Waals surface area contributed by atoms with E-state index in [-0.39, 0.29) is 19.4 Å². The number of hydrogen-bond acceptors (Lipinski definition) is 5. The number of aryl methyl sites for hydroxylation is 1. The number of benzene rings is 2. The van der Waals surface area contributed by atoms with Crippen LogP contribution in [-0.2, 0) is 32.0 Å². The number of hydrogen-bond donors (Lipinski definition) is 3. The van der Waals surface area contributed by atoms with Gasteiger partial charge in [-0.05, 0) is 36.5 Å². The second-order valence-electron chi connectivity index (χ2n) is 7.66. The van der Waals surface area contributed by atoms with Crippen LogP contribution in [0.2, 0.25) is 0 Å². The molecule has 1 heterocycles. The molecule has 9 nitrogen and oxygen atoms in total. The number of rotatable bonds is 9. The van der Waals surface area contributed by atoms with Crippen LogP contribution in [0.15, 0.2) is 54.6 Å². The smallest absolute Gasteiger partial charge is 0.323 e. The average Bonchev–Trinajstić information content (AvgIpc) is 2.91. The van der Waals surface area contributed by atoms with Gasteiger partial charge in [-0.3, -0.25) is 29.3 Å². The summed E-state index contributed by atoms with van der Waals surface area (Å²) in [6.07, 6.45) is 1.24. The lowest BCUT2D eigenvalue weighted by Gasteiger charge is -2.26. The Morgan fingerprint density at radius 2 is 1.84 bits per heavy atom. The van der Waals surface area contributed by atoms with Crippen molar-refractivity contribution in [2.45, 2.75) is 25.3 Å². The molecule has 0 aromatic heterocycles. The Morgan fingerprint density at radius 1 is 1.16 bits per heavy atom. The molecular formula is C23H25N3O6. The number of carboxylic acids is 1. The Morgan fingerprint density at radius 3 is 2.53 bits per heavy atom. The molecule has 168 valence electrons. The average molecular weight is 439 g/mol. The Kier molecular flexibility index (Phi) is 7.56. The third kappa shape index (κ3) is 5.70. The van der Waals surface area contributed by atoms with Gasteiger partial charge in [0.15, 0.2) is 0 Å². The first-order valence-electron chi connectivity index (χ1n) is 10.2. The highest BCUT2D eigenvalue weighted by atomic mass is 16.5. The van der Waals surface area contributed by atoms with E-state index in [1.54, 1.807) is 12.1 Å². The number of hydroxylamine groups is 2. The minimum Gasteiger partial charge on any atom is -0.480 e. The van der Waals surface area contributed by atoms with Crippen molar-refractivity contribution in [2.24, 2.45) is 5.92 Å². The van der Waals surface area contributed by atoms with Crippen LogP contribution in [0.4, 0.5) is 5.69 Å². The molecule has 0 fully saturated rings. The molecule has 9 heteroatoms. The maximum absolute atomic E-state index is 13.2. The van der Waals surface area contributed by atoms with Crippen molar-refractivity contribution in [3.63, 3.8) is 0 Å². The van der Waals surface area contributed by atoms with Gasteiger partial charge in [-0.25, -0.2) is 5.06 Å².